The Morgan fingerprint density at radius 3 is 2.60 bits per heavy atom. The fourth-order valence-corrected chi connectivity index (χ4v) is 2.56. The molecule has 0 radical (unpaired) electrons. The van der Waals surface area contributed by atoms with E-state index in [9.17, 15) is 4.79 Å². The molecule has 6 heteroatoms. The van der Waals surface area contributed by atoms with Gasteiger partial charge in [0, 0.05) is 59.0 Å². The van der Waals surface area contributed by atoms with Crippen LogP contribution in [-0.2, 0) is 9.53 Å². The zero-order chi connectivity index (χ0) is 14.8. The minimum Gasteiger partial charge on any atom is -0.385 e. The number of amides is 1. The van der Waals surface area contributed by atoms with Crippen LogP contribution in [-0.4, -0.2) is 81.3 Å². The molecule has 1 unspecified atom stereocenters. The number of carbonyl (C=O) groups is 1. The van der Waals surface area contributed by atoms with Crippen LogP contribution in [0.15, 0.2) is 0 Å². The number of rotatable bonds is 9. The van der Waals surface area contributed by atoms with Crippen molar-refractivity contribution in [2.75, 3.05) is 59.5 Å². The van der Waals surface area contributed by atoms with Crippen LogP contribution in [0.25, 0.3) is 0 Å². The molecular weight excluding hydrogens is 256 g/mol. The molecule has 6 nitrogen and oxygen atoms in total. The van der Waals surface area contributed by atoms with Crippen LogP contribution in [0, 0.1) is 0 Å². The minimum atomic E-state index is 0.111. The van der Waals surface area contributed by atoms with Crippen molar-refractivity contribution in [3.05, 3.63) is 0 Å². The summed E-state index contributed by atoms with van der Waals surface area (Å²) in [5.41, 5.74) is 5.78. The standard InChI is InChI=1S/C14H30N4O2/c1-3-13(11-15)18-8-6-17(7-9-18)12-14(19)16-5-4-10-20-2/h13H,3-12,15H2,1-2H3,(H,16,19). The smallest absolute Gasteiger partial charge is 0.234 e. The van der Waals surface area contributed by atoms with Gasteiger partial charge in [0.1, 0.15) is 0 Å². The second-order valence-electron chi connectivity index (χ2n) is 5.31. The summed E-state index contributed by atoms with van der Waals surface area (Å²) >= 11 is 0. The first kappa shape index (κ1) is 17.4. The number of carbonyl (C=O) groups excluding carboxylic acids is 1. The first-order chi connectivity index (χ1) is 9.71. The molecule has 1 saturated heterocycles. The van der Waals surface area contributed by atoms with E-state index in [-0.39, 0.29) is 5.91 Å². The van der Waals surface area contributed by atoms with Crippen molar-refractivity contribution < 1.29 is 9.53 Å². The Morgan fingerprint density at radius 2 is 2.05 bits per heavy atom. The summed E-state index contributed by atoms with van der Waals surface area (Å²) in [5, 5.41) is 2.93. The van der Waals surface area contributed by atoms with E-state index in [0.717, 1.165) is 45.6 Å². The summed E-state index contributed by atoms with van der Waals surface area (Å²) in [6.07, 6.45) is 1.96. The number of methoxy groups -OCH3 is 1. The molecule has 1 rings (SSSR count). The summed E-state index contributed by atoms with van der Waals surface area (Å²) in [4.78, 5) is 16.4. The molecule has 1 aliphatic heterocycles. The maximum Gasteiger partial charge on any atom is 0.234 e. The highest BCUT2D eigenvalue weighted by Gasteiger charge is 2.22. The van der Waals surface area contributed by atoms with Gasteiger partial charge in [0.2, 0.25) is 5.91 Å². The van der Waals surface area contributed by atoms with Gasteiger partial charge in [-0.3, -0.25) is 14.6 Å². The third-order valence-corrected chi connectivity index (χ3v) is 3.88. The highest BCUT2D eigenvalue weighted by atomic mass is 16.5. The lowest BCUT2D eigenvalue weighted by atomic mass is 10.1. The van der Waals surface area contributed by atoms with Crippen molar-refractivity contribution in [2.45, 2.75) is 25.8 Å². The molecule has 0 aliphatic carbocycles. The van der Waals surface area contributed by atoms with Crippen molar-refractivity contribution in [1.82, 2.24) is 15.1 Å². The predicted molar refractivity (Wildman–Crippen MR) is 80.6 cm³/mol. The fraction of sp³-hybridized carbons (Fsp3) is 0.929. The molecule has 1 heterocycles. The predicted octanol–water partition coefficient (Wildman–Crippen LogP) is -0.506. The average Bonchev–Trinajstić information content (AvgIpc) is 2.47. The third kappa shape index (κ3) is 6.17. The number of nitrogens with two attached hydrogens (primary N) is 1. The first-order valence-electron chi connectivity index (χ1n) is 7.63. The van der Waals surface area contributed by atoms with E-state index in [4.69, 9.17) is 10.5 Å². The summed E-state index contributed by atoms with van der Waals surface area (Å²) in [6.45, 7) is 8.69. The van der Waals surface area contributed by atoms with Crippen LogP contribution in [0.4, 0.5) is 0 Å². The molecule has 0 spiro atoms. The fourth-order valence-electron chi connectivity index (χ4n) is 2.56. The largest absolute Gasteiger partial charge is 0.385 e. The van der Waals surface area contributed by atoms with E-state index < -0.39 is 0 Å². The van der Waals surface area contributed by atoms with E-state index in [1.54, 1.807) is 7.11 Å². The Labute approximate surface area is 122 Å². The average molecular weight is 286 g/mol. The Morgan fingerprint density at radius 1 is 1.35 bits per heavy atom. The lowest BCUT2D eigenvalue weighted by molar-refractivity contribution is -0.122. The first-order valence-corrected chi connectivity index (χ1v) is 7.63. The molecule has 118 valence electrons. The number of ether oxygens (including phenoxy) is 1. The van der Waals surface area contributed by atoms with Gasteiger partial charge in [-0.15, -0.1) is 0 Å². The Kier molecular flexibility index (Phi) is 8.77. The highest BCUT2D eigenvalue weighted by molar-refractivity contribution is 5.77. The summed E-state index contributed by atoms with van der Waals surface area (Å²) in [5.74, 6) is 0.111. The molecule has 20 heavy (non-hydrogen) atoms. The van der Waals surface area contributed by atoms with E-state index in [1.165, 1.54) is 0 Å². The summed E-state index contributed by atoms with van der Waals surface area (Å²) in [6, 6.07) is 0.486. The number of nitrogens with one attached hydrogen (secondary N) is 1. The van der Waals surface area contributed by atoms with Crippen molar-refractivity contribution in [3.8, 4) is 0 Å². The van der Waals surface area contributed by atoms with Gasteiger partial charge in [-0.05, 0) is 12.8 Å². The third-order valence-electron chi connectivity index (χ3n) is 3.88. The maximum atomic E-state index is 11.8. The van der Waals surface area contributed by atoms with Crippen LogP contribution in [0.5, 0.6) is 0 Å². The molecule has 1 aliphatic rings. The van der Waals surface area contributed by atoms with E-state index >= 15 is 0 Å². The lowest BCUT2D eigenvalue weighted by Gasteiger charge is -2.38. The van der Waals surface area contributed by atoms with Gasteiger partial charge in [-0.2, -0.15) is 0 Å². The van der Waals surface area contributed by atoms with Crippen LogP contribution in [0.1, 0.15) is 19.8 Å². The van der Waals surface area contributed by atoms with E-state index in [2.05, 4.69) is 22.0 Å². The highest BCUT2D eigenvalue weighted by Crippen LogP contribution is 2.08. The minimum absolute atomic E-state index is 0.111. The Hall–Kier alpha value is -0.690. The van der Waals surface area contributed by atoms with Gasteiger partial charge in [0.25, 0.3) is 0 Å². The van der Waals surface area contributed by atoms with Crippen molar-refractivity contribution in [3.63, 3.8) is 0 Å². The molecule has 0 aromatic carbocycles. The maximum absolute atomic E-state index is 11.8. The van der Waals surface area contributed by atoms with Gasteiger partial charge >= 0.3 is 0 Å². The molecule has 0 aromatic rings. The molecule has 1 amide bonds. The number of hydrogen-bond acceptors (Lipinski definition) is 5. The van der Waals surface area contributed by atoms with Gasteiger partial charge < -0.3 is 15.8 Å². The Balaban J connectivity index is 2.16. The van der Waals surface area contributed by atoms with Gasteiger partial charge in [-0.1, -0.05) is 6.92 Å². The Bertz CT molecular complexity index is 264. The molecule has 0 saturated carbocycles. The van der Waals surface area contributed by atoms with Crippen molar-refractivity contribution >= 4 is 5.91 Å². The quantitative estimate of drug-likeness (QED) is 0.559. The second-order valence-corrected chi connectivity index (χ2v) is 5.31. The van der Waals surface area contributed by atoms with Crippen LogP contribution in [0.2, 0.25) is 0 Å². The van der Waals surface area contributed by atoms with Crippen LogP contribution < -0.4 is 11.1 Å². The molecule has 3 N–H and O–H groups in total. The SMILES string of the molecule is CCC(CN)N1CCN(CC(=O)NCCCOC)CC1. The van der Waals surface area contributed by atoms with E-state index in [1.807, 2.05) is 0 Å². The van der Waals surface area contributed by atoms with Crippen molar-refractivity contribution in [2.24, 2.45) is 5.73 Å². The topological polar surface area (TPSA) is 70.8 Å². The monoisotopic (exact) mass is 286 g/mol. The molecular formula is C14H30N4O2. The zero-order valence-corrected chi connectivity index (χ0v) is 12.9. The van der Waals surface area contributed by atoms with Crippen LogP contribution >= 0.6 is 0 Å². The molecule has 1 atom stereocenters. The van der Waals surface area contributed by atoms with Gasteiger partial charge in [0.05, 0.1) is 6.54 Å². The van der Waals surface area contributed by atoms with Crippen LogP contribution in [0.3, 0.4) is 0 Å². The van der Waals surface area contributed by atoms with Gasteiger partial charge in [-0.25, -0.2) is 0 Å². The number of nitrogens with zero attached hydrogens (tertiary/aromatic N) is 2. The van der Waals surface area contributed by atoms with Gasteiger partial charge in [0.15, 0.2) is 0 Å². The molecule has 0 bridgehead atoms. The summed E-state index contributed by atoms with van der Waals surface area (Å²) < 4.78 is 4.95. The lowest BCUT2D eigenvalue weighted by Crippen LogP contribution is -2.53. The zero-order valence-electron chi connectivity index (χ0n) is 12.9. The number of hydrogen-bond donors (Lipinski definition) is 2. The molecule has 0 aromatic heterocycles. The van der Waals surface area contributed by atoms with E-state index in [0.29, 0.717) is 25.7 Å². The normalized spacial score (nSPS) is 18.9. The van der Waals surface area contributed by atoms with Crippen molar-refractivity contribution in [1.29, 1.82) is 0 Å². The second kappa shape index (κ2) is 10.1. The number of piperazine rings is 1. The molecule has 1 fully saturated rings. The summed E-state index contributed by atoms with van der Waals surface area (Å²) in [7, 11) is 1.67.